The third-order valence-corrected chi connectivity index (χ3v) is 4.73. The number of fused-ring (bicyclic) bond motifs is 2. The molecular weight excluding hydrogens is 234 g/mol. The molecule has 0 spiro atoms. The van der Waals surface area contributed by atoms with Crippen LogP contribution in [0.2, 0.25) is 0 Å². The highest BCUT2D eigenvalue weighted by Crippen LogP contribution is 2.42. The predicted molar refractivity (Wildman–Crippen MR) is 76.8 cm³/mol. The van der Waals surface area contributed by atoms with Crippen LogP contribution in [0, 0.1) is 17.8 Å². The smallest absolute Gasteiger partial charge is 0.103 e. The van der Waals surface area contributed by atoms with Gasteiger partial charge in [-0.25, -0.2) is 0 Å². The third-order valence-electron chi connectivity index (χ3n) is 4.73. The van der Waals surface area contributed by atoms with Gasteiger partial charge in [0.05, 0.1) is 13.2 Å². The molecule has 1 fully saturated rings. The molecule has 2 heteroatoms. The summed E-state index contributed by atoms with van der Waals surface area (Å²) in [5, 5.41) is 9.29. The number of allylic oxidation sites excluding steroid dienone is 2. The molecule has 2 N–H and O–H groups in total. The van der Waals surface area contributed by atoms with Gasteiger partial charge in [-0.2, -0.15) is 0 Å². The molecule has 102 valence electrons. The molecule has 2 aliphatic rings. The lowest BCUT2D eigenvalue weighted by atomic mass is 9.93. The van der Waals surface area contributed by atoms with Crippen LogP contribution in [0.25, 0.3) is 0 Å². The third kappa shape index (κ3) is 3.07. The van der Waals surface area contributed by atoms with Crippen molar-refractivity contribution < 1.29 is 10.0 Å². The fraction of sp³-hybridized carbons (Fsp3) is 0.529. The van der Waals surface area contributed by atoms with E-state index < -0.39 is 0 Å². The van der Waals surface area contributed by atoms with Gasteiger partial charge < -0.3 is 10.0 Å². The molecule has 1 aromatic rings. The summed E-state index contributed by atoms with van der Waals surface area (Å²) in [6.45, 7) is 3.41. The Bertz CT molecular complexity index is 428. The molecule has 0 radical (unpaired) electrons. The molecule has 1 aromatic carbocycles. The van der Waals surface area contributed by atoms with Crippen molar-refractivity contribution in [2.45, 2.75) is 19.4 Å². The lowest BCUT2D eigenvalue weighted by molar-refractivity contribution is -0.917. The normalized spacial score (nSPS) is 29.8. The summed E-state index contributed by atoms with van der Waals surface area (Å²) in [5.41, 5.74) is 1.38. The second kappa shape index (κ2) is 5.89. The number of aliphatic hydroxyl groups is 1. The molecule has 1 unspecified atom stereocenters. The number of benzene rings is 1. The first-order valence-electron chi connectivity index (χ1n) is 7.52. The molecule has 3 rings (SSSR count). The number of hydrogen-bond acceptors (Lipinski definition) is 1. The maximum Gasteiger partial charge on any atom is 0.103 e. The molecule has 0 aromatic heterocycles. The molecule has 2 aliphatic carbocycles. The zero-order valence-electron chi connectivity index (χ0n) is 11.5. The molecule has 1 saturated carbocycles. The van der Waals surface area contributed by atoms with Crippen molar-refractivity contribution in [2.24, 2.45) is 17.8 Å². The van der Waals surface area contributed by atoms with Gasteiger partial charge in [-0.05, 0) is 24.7 Å². The van der Waals surface area contributed by atoms with Crippen molar-refractivity contribution in [1.29, 1.82) is 0 Å². The average Bonchev–Trinajstić information content (AvgIpc) is 3.02. The van der Waals surface area contributed by atoms with Crippen LogP contribution < -0.4 is 4.90 Å². The summed E-state index contributed by atoms with van der Waals surface area (Å²) in [6.07, 6.45) is 7.58. The molecule has 2 bridgehead atoms. The second-order valence-corrected chi connectivity index (χ2v) is 6.13. The van der Waals surface area contributed by atoms with Crippen LogP contribution in [0.4, 0.5) is 0 Å². The topological polar surface area (TPSA) is 24.7 Å². The molecule has 0 heterocycles. The largest absolute Gasteiger partial charge is 0.391 e. The van der Waals surface area contributed by atoms with Gasteiger partial charge in [-0.15, -0.1) is 0 Å². The van der Waals surface area contributed by atoms with Crippen LogP contribution in [0.15, 0.2) is 42.5 Å². The monoisotopic (exact) mass is 258 g/mol. The quantitative estimate of drug-likeness (QED) is 0.738. The molecule has 19 heavy (non-hydrogen) atoms. The molecule has 0 aliphatic heterocycles. The van der Waals surface area contributed by atoms with Crippen molar-refractivity contribution in [2.75, 3.05) is 19.7 Å². The lowest BCUT2D eigenvalue weighted by Gasteiger charge is -2.25. The number of aliphatic hydroxyl groups excluding tert-OH is 1. The lowest BCUT2D eigenvalue weighted by Crippen LogP contribution is -3.12. The summed E-state index contributed by atoms with van der Waals surface area (Å²) in [6, 6.07) is 10.7. The van der Waals surface area contributed by atoms with E-state index >= 15 is 0 Å². The van der Waals surface area contributed by atoms with E-state index in [9.17, 15) is 5.11 Å². The maximum atomic E-state index is 9.29. The van der Waals surface area contributed by atoms with E-state index in [1.165, 1.54) is 29.8 Å². The fourth-order valence-corrected chi connectivity index (χ4v) is 3.81. The Morgan fingerprint density at radius 3 is 2.58 bits per heavy atom. The van der Waals surface area contributed by atoms with Crippen molar-refractivity contribution in [3.8, 4) is 0 Å². The van der Waals surface area contributed by atoms with Gasteiger partial charge in [0.15, 0.2) is 0 Å². The van der Waals surface area contributed by atoms with Gasteiger partial charge in [-0.1, -0.05) is 42.5 Å². The van der Waals surface area contributed by atoms with Crippen LogP contribution in [0.5, 0.6) is 0 Å². The second-order valence-electron chi connectivity index (χ2n) is 6.13. The first-order chi connectivity index (χ1) is 9.35. The Hall–Kier alpha value is -1.12. The highest BCUT2D eigenvalue weighted by Gasteiger charge is 2.37. The van der Waals surface area contributed by atoms with E-state index in [-0.39, 0.29) is 0 Å². The molecule has 4 atom stereocenters. The first kappa shape index (κ1) is 12.9. The summed E-state index contributed by atoms with van der Waals surface area (Å²) in [5.74, 6) is 2.50. The van der Waals surface area contributed by atoms with Crippen LogP contribution in [0.1, 0.15) is 18.4 Å². The van der Waals surface area contributed by atoms with Crippen molar-refractivity contribution >= 4 is 0 Å². The highest BCUT2D eigenvalue weighted by molar-refractivity contribution is 5.13. The van der Waals surface area contributed by atoms with Crippen LogP contribution in [-0.4, -0.2) is 24.8 Å². The minimum atomic E-state index is 0.290. The standard InChI is InChI=1S/C17H23NO/c19-9-8-18(12-14-4-2-1-3-5-14)13-17-11-15-6-7-16(17)10-15/h1-7,15-17,19H,8-13H2/p+1/t15-,16-,17+/m1/s1. The Kier molecular flexibility index (Phi) is 4.00. The van der Waals surface area contributed by atoms with E-state index in [0.717, 1.165) is 30.8 Å². The van der Waals surface area contributed by atoms with Gasteiger partial charge in [-0.3, -0.25) is 0 Å². The average molecular weight is 258 g/mol. The summed E-state index contributed by atoms with van der Waals surface area (Å²) >= 11 is 0. The highest BCUT2D eigenvalue weighted by atomic mass is 16.3. The predicted octanol–water partition coefficient (Wildman–Crippen LogP) is 1.28. The zero-order chi connectivity index (χ0) is 13.1. The zero-order valence-corrected chi connectivity index (χ0v) is 11.5. The van der Waals surface area contributed by atoms with Gasteiger partial charge in [0.1, 0.15) is 13.1 Å². The number of nitrogens with one attached hydrogen (secondary N) is 1. The summed E-state index contributed by atoms with van der Waals surface area (Å²) in [4.78, 5) is 1.53. The Balaban J connectivity index is 1.60. The van der Waals surface area contributed by atoms with E-state index in [0.29, 0.717) is 6.61 Å². The fourth-order valence-electron chi connectivity index (χ4n) is 3.81. The van der Waals surface area contributed by atoms with E-state index in [2.05, 4.69) is 42.5 Å². The SMILES string of the molecule is OCC[NH+](Cc1ccccc1)C[C@@H]1C[C@@H]2C=C[C@@H]1C2. The van der Waals surface area contributed by atoms with E-state index in [1.54, 1.807) is 0 Å². The maximum absolute atomic E-state index is 9.29. The van der Waals surface area contributed by atoms with Crippen LogP contribution in [0.3, 0.4) is 0 Å². The Morgan fingerprint density at radius 2 is 1.95 bits per heavy atom. The van der Waals surface area contributed by atoms with Gasteiger partial charge in [0.25, 0.3) is 0 Å². The number of rotatable bonds is 6. The van der Waals surface area contributed by atoms with E-state index in [4.69, 9.17) is 0 Å². The first-order valence-corrected chi connectivity index (χ1v) is 7.52. The van der Waals surface area contributed by atoms with Crippen LogP contribution >= 0.6 is 0 Å². The Labute approximate surface area is 115 Å². The number of quaternary nitrogens is 1. The summed E-state index contributed by atoms with van der Waals surface area (Å²) in [7, 11) is 0. The van der Waals surface area contributed by atoms with Crippen molar-refractivity contribution in [3.63, 3.8) is 0 Å². The van der Waals surface area contributed by atoms with Crippen molar-refractivity contribution in [1.82, 2.24) is 0 Å². The molecule has 0 saturated heterocycles. The molecule has 0 amide bonds. The van der Waals surface area contributed by atoms with Gasteiger partial charge in [0.2, 0.25) is 0 Å². The minimum Gasteiger partial charge on any atom is -0.391 e. The van der Waals surface area contributed by atoms with Crippen LogP contribution in [-0.2, 0) is 6.54 Å². The van der Waals surface area contributed by atoms with Gasteiger partial charge in [0, 0.05) is 11.5 Å². The summed E-state index contributed by atoms with van der Waals surface area (Å²) < 4.78 is 0. The van der Waals surface area contributed by atoms with Gasteiger partial charge >= 0.3 is 0 Å². The Morgan fingerprint density at radius 1 is 1.11 bits per heavy atom. The minimum absolute atomic E-state index is 0.290. The van der Waals surface area contributed by atoms with E-state index in [1.807, 2.05) is 0 Å². The van der Waals surface area contributed by atoms with Crippen molar-refractivity contribution in [3.05, 3.63) is 48.0 Å². The molecular formula is C17H24NO+. The molecule has 2 nitrogen and oxygen atoms in total. The number of hydrogen-bond donors (Lipinski definition) is 2.